The monoisotopic (exact) mass is 560 g/mol. The molecule has 0 bridgehead atoms. The number of nitrogens with one attached hydrogen (secondary N) is 1. The highest BCUT2D eigenvalue weighted by Gasteiger charge is 2.21. The van der Waals surface area contributed by atoms with Gasteiger partial charge in [-0.15, -0.1) is 0 Å². The highest BCUT2D eigenvalue weighted by Crippen LogP contribution is 2.26. The third-order valence-electron chi connectivity index (χ3n) is 6.03. The van der Waals surface area contributed by atoms with E-state index >= 15 is 0 Å². The Balaban J connectivity index is 0.000000268. The molecule has 4 N–H and O–H groups in total. The first kappa shape index (κ1) is 30.8. The maximum atomic E-state index is 11.4. The van der Waals surface area contributed by atoms with Crippen LogP contribution < -0.4 is 17.4 Å². The first-order chi connectivity index (χ1) is 18.1. The number of phenols is 2. The van der Waals surface area contributed by atoms with Crippen LogP contribution >= 0.6 is 0 Å². The lowest BCUT2D eigenvalue weighted by molar-refractivity contribution is -0.360. The van der Waals surface area contributed by atoms with Crippen molar-refractivity contribution in [1.82, 2.24) is 14.1 Å². The number of aryl methyl sites for hydroxylation is 4. The minimum atomic E-state index is -0.882. The lowest BCUT2D eigenvalue weighted by Crippen LogP contribution is -3.00. The topological polar surface area (TPSA) is 175 Å². The third-order valence-corrected chi connectivity index (χ3v) is 6.03. The molecule has 4 rings (SSSR count). The minimum Gasteiger partial charge on any atom is -1.00 e. The number of carbonyl (C=O) groups is 4. The number of aromatic amines is 1. The molecule has 12 nitrogen and oxygen atoms in total. The van der Waals surface area contributed by atoms with Gasteiger partial charge in [0, 0.05) is 13.5 Å². The molecule has 208 valence electrons. The van der Waals surface area contributed by atoms with E-state index in [1.165, 1.54) is 12.1 Å². The predicted molar refractivity (Wildman–Crippen MR) is 135 cm³/mol. The average molecular weight is 561 g/mol. The maximum absolute atomic E-state index is 11.4. The number of fused-ring (bicyclic) bond motifs is 2. The number of carbonyl (C=O) groups excluding carboxylic acids is 3. The van der Waals surface area contributed by atoms with E-state index in [1.807, 2.05) is 0 Å². The SMILES string of the molecule is CCOC(=O)CCc1nc2ccc(O)c(C=O)c2n1C.Cn1c(CCC(=O)O)[nH+]c2ccc(O)c(C=O)c21.[Cl-]. The van der Waals surface area contributed by atoms with E-state index in [0.29, 0.717) is 65.7 Å². The number of nitrogens with zero attached hydrogens (tertiary/aromatic N) is 3. The summed E-state index contributed by atoms with van der Waals surface area (Å²) in [5, 5.41) is 28.0. The van der Waals surface area contributed by atoms with Crippen LogP contribution in [0.15, 0.2) is 24.3 Å². The molecule has 0 saturated heterocycles. The quantitative estimate of drug-likeness (QED) is 0.173. The third kappa shape index (κ3) is 6.71. The molecular weight excluding hydrogens is 532 g/mol. The van der Waals surface area contributed by atoms with Gasteiger partial charge in [0.2, 0.25) is 0 Å². The van der Waals surface area contributed by atoms with Crippen molar-refractivity contribution in [3.8, 4) is 11.5 Å². The van der Waals surface area contributed by atoms with Gasteiger partial charge < -0.3 is 37.0 Å². The van der Waals surface area contributed by atoms with Gasteiger partial charge in [0.25, 0.3) is 5.82 Å². The molecule has 0 fully saturated rings. The zero-order valence-electron chi connectivity index (χ0n) is 21.6. The zero-order valence-corrected chi connectivity index (χ0v) is 22.4. The molecule has 0 unspecified atom stereocenters. The van der Waals surface area contributed by atoms with Crippen LogP contribution in [0.1, 0.15) is 52.1 Å². The Morgan fingerprint density at radius 3 is 2.15 bits per heavy atom. The summed E-state index contributed by atoms with van der Waals surface area (Å²) in [6.07, 6.45) is 2.18. The molecule has 0 amide bonds. The summed E-state index contributed by atoms with van der Waals surface area (Å²) in [5.41, 5.74) is 2.86. The molecule has 4 aromatic rings. The van der Waals surface area contributed by atoms with E-state index in [2.05, 4.69) is 9.97 Å². The number of aldehydes is 2. The number of esters is 1. The van der Waals surface area contributed by atoms with Gasteiger partial charge in [-0.1, -0.05) is 0 Å². The zero-order chi connectivity index (χ0) is 28.0. The second-order valence-corrected chi connectivity index (χ2v) is 8.41. The van der Waals surface area contributed by atoms with Crippen LogP contribution in [0, 0.1) is 0 Å². The normalized spacial score (nSPS) is 10.4. The number of imidazole rings is 2. The molecule has 2 heterocycles. The van der Waals surface area contributed by atoms with Gasteiger partial charge in [-0.05, 0) is 31.2 Å². The van der Waals surface area contributed by atoms with E-state index in [-0.39, 0.29) is 53.8 Å². The molecule has 2 aromatic carbocycles. The second-order valence-electron chi connectivity index (χ2n) is 8.41. The molecule has 0 spiro atoms. The van der Waals surface area contributed by atoms with Crippen LogP contribution in [-0.2, 0) is 41.3 Å². The van der Waals surface area contributed by atoms with Gasteiger partial charge in [0.1, 0.15) is 22.9 Å². The van der Waals surface area contributed by atoms with Crippen LogP contribution in [-0.4, -0.2) is 60.6 Å². The van der Waals surface area contributed by atoms with E-state index < -0.39 is 5.97 Å². The molecule has 0 saturated carbocycles. The number of ether oxygens (including phenoxy) is 1. The highest BCUT2D eigenvalue weighted by atomic mass is 35.5. The minimum absolute atomic E-state index is 0. The molecule has 13 heteroatoms. The summed E-state index contributed by atoms with van der Waals surface area (Å²) in [6.45, 7) is 2.11. The molecule has 0 radical (unpaired) electrons. The van der Waals surface area contributed by atoms with Crippen LogP contribution in [0.3, 0.4) is 0 Å². The fourth-order valence-corrected chi connectivity index (χ4v) is 4.16. The fraction of sp³-hybridized carbons (Fsp3) is 0.308. The number of aromatic hydroxyl groups is 2. The number of benzene rings is 2. The largest absolute Gasteiger partial charge is 1.00 e. The summed E-state index contributed by atoms with van der Waals surface area (Å²) in [6, 6.07) is 6.17. The first-order valence-electron chi connectivity index (χ1n) is 11.8. The van der Waals surface area contributed by atoms with Gasteiger partial charge in [0.05, 0.1) is 49.5 Å². The summed E-state index contributed by atoms with van der Waals surface area (Å²) in [5.74, 6) is 0.0392. The number of halogens is 1. The van der Waals surface area contributed by atoms with Gasteiger partial charge in [0.15, 0.2) is 23.6 Å². The smallest absolute Gasteiger partial charge is 0.306 e. The van der Waals surface area contributed by atoms with Crippen LogP contribution in [0.4, 0.5) is 0 Å². The number of aromatic nitrogens is 4. The number of carboxylic acids is 1. The van der Waals surface area contributed by atoms with Crippen molar-refractivity contribution in [2.45, 2.75) is 32.6 Å². The molecule has 39 heavy (non-hydrogen) atoms. The van der Waals surface area contributed by atoms with E-state index in [4.69, 9.17) is 9.84 Å². The fourth-order valence-electron chi connectivity index (χ4n) is 4.16. The summed E-state index contributed by atoms with van der Waals surface area (Å²) < 4.78 is 8.29. The van der Waals surface area contributed by atoms with Crippen molar-refractivity contribution in [1.29, 1.82) is 0 Å². The summed E-state index contributed by atoms with van der Waals surface area (Å²) in [7, 11) is 3.48. The summed E-state index contributed by atoms with van der Waals surface area (Å²) in [4.78, 5) is 51.4. The Kier molecular flexibility index (Phi) is 10.6. The molecule has 0 aliphatic heterocycles. The van der Waals surface area contributed by atoms with E-state index in [0.717, 1.165) is 0 Å². The number of carboxylic acid groups (broad SMARTS) is 1. The number of H-pyrrole nitrogens is 1. The van der Waals surface area contributed by atoms with Gasteiger partial charge in [-0.25, -0.2) is 14.5 Å². The van der Waals surface area contributed by atoms with Crippen molar-refractivity contribution in [2.24, 2.45) is 14.1 Å². The van der Waals surface area contributed by atoms with E-state index in [9.17, 15) is 29.4 Å². The predicted octanol–water partition coefficient (Wildman–Crippen LogP) is -0.881. The van der Waals surface area contributed by atoms with Crippen molar-refractivity contribution in [2.75, 3.05) is 6.61 Å². The standard InChI is InChI=1S/C14H16N2O4.C12H12N2O4.ClH/c1-3-20-13(19)7-6-12-15-10-4-5-11(18)9(8-17)14(10)16(12)2;1-14-10(4-5-11(17)18)13-8-2-3-9(16)7(6-15)12(8)14;/h4-5,8,18H,3,6-7H2,1-2H3;2-3,6,16H,4-5H2,1H3,(H,17,18);1H. The number of phenolic OH excluding ortho intramolecular Hbond substituents is 2. The lowest BCUT2D eigenvalue weighted by Gasteiger charge is -2.04. The average Bonchev–Trinajstić information content (AvgIpc) is 3.38. The van der Waals surface area contributed by atoms with E-state index in [1.54, 1.807) is 42.3 Å². The maximum Gasteiger partial charge on any atom is 0.306 e. The Hall–Kier alpha value is -4.45. The Morgan fingerprint density at radius 1 is 0.949 bits per heavy atom. The molecule has 0 aliphatic rings. The molecule has 2 aromatic heterocycles. The van der Waals surface area contributed by atoms with Crippen LogP contribution in [0.2, 0.25) is 0 Å². The Bertz CT molecular complexity index is 1530. The van der Waals surface area contributed by atoms with Crippen molar-refractivity contribution < 1.29 is 56.6 Å². The molecule has 0 aliphatic carbocycles. The first-order valence-corrected chi connectivity index (χ1v) is 11.8. The number of rotatable bonds is 9. The number of aliphatic carboxylic acids is 1. The second kappa shape index (κ2) is 13.4. The van der Waals surface area contributed by atoms with Gasteiger partial charge >= 0.3 is 11.9 Å². The molecule has 0 atom stereocenters. The summed E-state index contributed by atoms with van der Waals surface area (Å²) >= 11 is 0. The van der Waals surface area contributed by atoms with Crippen LogP contribution in [0.5, 0.6) is 11.5 Å². The number of hydrogen-bond acceptors (Lipinski definition) is 8. The number of hydrogen-bond donors (Lipinski definition) is 3. The van der Waals surface area contributed by atoms with Gasteiger partial charge in [-0.2, -0.15) is 0 Å². The highest BCUT2D eigenvalue weighted by molar-refractivity contribution is 5.98. The molecular formula is C26H29ClN4O8. The van der Waals surface area contributed by atoms with Crippen LogP contribution in [0.25, 0.3) is 22.1 Å². The van der Waals surface area contributed by atoms with Crippen molar-refractivity contribution in [3.05, 3.63) is 47.0 Å². The van der Waals surface area contributed by atoms with Crippen molar-refractivity contribution in [3.63, 3.8) is 0 Å². The van der Waals surface area contributed by atoms with Crippen molar-refractivity contribution >= 4 is 46.6 Å². The Labute approximate surface area is 229 Å². The Morgan fingerprint density at radius 2 is 1.56 bits per heavy atom. The van der Waals surface area contributed by atoms with Gasteiger partial charge in [-0.3, -0.25) is 19.2 Å². The lowest BCUT2D eigenvalue weighted by atomic mass is 10.2.